The van der Waals surface area contributed by atoms with Gasteiger partial charge in [-0.3, -0.25) is 9.38 Å². The number of aromatic nitrogens is 4. The average Bonchev–Trinajstić information content (AvgIpc) is 3.00. The standard InChI is InChI=1S/C16H24N6O/c23-16(4-1-5-18-11-16)12-21-7-2-13(3-8-21)15-20-19-14-10-17-6-9-22(14)15/h6,9-10,13,18,23H,1-5,7-8,11-12H2. The highest BCUT2D eigenvalue weighted by molar-refractivity contribution is 5.34. The number of likely N-dealkylation sites (tertiary alicyclic amines) is 1. The second kappa shape index (κ2) is 6.14. The minimum atomic E-state index is -0.557. The van der Waals surface area contributed by atoms with Crippen molar-refractivity contribution >= 4 is 5.65 Å². The summed E-state index contributed by atoms with van der Waals surface area (Å²) in [5, 5.41) is 22.6. The molecule has 1 unspecified atom stereocenters. The molecule has 23 heavy (non-hydrogen) atoms. The van der Waals surface area contributed by atoms with E-state index in [1.54, 1.807) is 12.4 Å². The molecule has 0 aliphatic carbocycles. The van der Waals surface area contributed by atoms with Gasteiger partial charge in [-0.05, 0) is 45.3 Å². The first-order chi connectivity index (χ1) is 11.2. The third-order valence-electron chi connectivity index (χ3n) is 5.16. The van der Waals surface area contributed by atoms with E-state index in [9.17, 15) is 5.11 Å². The van der Waals surface area contributed by atoms with Crippen LogP contribution in [0.1, 0.15) is 37.4 Å². The predicted octanol–water partition coefficient (Wildman–Crippen LogP) is 0.418. The summed E-state index contributed by atoms with van der Waals surface area (Å²) in [4.78, 5) is 6.49. The average molecular weight is 316 g/mol. The van der Waals surface area contributed by atoms with Gasteiger partial charge in [0.2, 0.25) is 0 Å². The molecule has 7 nitrogen and oxygen atoms in total. The van der Waals surface area contributed by atoms with Crippen LogP contribution in [0.15, 0.2) is 18.6 Å². The van der Waals surface area contributed by atoms with Crippen LogP contribution in [0.5, 0.6) is 0 Å². The van der Waals surface area contributed by atoms with Gasteiger partial charge in [0.25, 0.3) is 0 Å². The zero-order valence-electron chi connectivity index (χ0n) is 13.4. The molecule has 7 heteroatoms. The SMILES string of the molecule is OC1(CN2CCC(c3nnc4cnccn34)CC2)CCCNC1. The van der Waals surface area contributed by atoms with E-state index in [0.29, 0.717) is 5.92 Å². The number of fused-ring (bicyclic) bond motifs is 1. The molecule has 4 heterocycles. The van der Waals surface area contributed by atoms with E-state index in [-0.39, 0.29) is 0 Å². The third kappa shape index (κ3) is 3.08. The Kier molecular flexibility index (Phi) is 4.00. The van der Waals surface area contributed by atoms with Crippen LogP contribution in [-0.4, -0.2) is 67.9 Å². The molecule has 0 saturated carbocycles. The molecule has 2 aliphatic rings. The van der Waals surface area contributed by atoms with Crippen molar-refractivity contribution in [3.05, 3.63) is 24.4 Å². The fourth-order valence-electron chi connectivity index (χ4n) is 3.90. The Morgan fingerprint density at radius 1 is 1.30 bits per heavy atom. The Hall–Kier alpha value is -1.57. The first-order valence-corrected chi connectivity index (χ1v) is 8.54. The van der Waals surface area contributed by atoms with Crippen molar-refractivity contribution in [2.24, 2.45) is 0 Å². The van der Waals surface area contributed by atoms with Crippen molar-refractivity contribution in [3.63, 3.8) is 0 Å². The van der Waals surface area contributed by atoms with Gasteiger partial charge in [-0.1, -0.05) is 0 Å². The van der Waals surface area contributed by atoms with E-state index in [2.05, 4.69) is 25.4 Å². The topological polar surface area (TPSA) is 78.6 Å². The van der Waals surface area contributed by atoms with Crippen molar-refractivity contribution in [2.45, 2.75) is 37.2 Å². The number of hydrogen-bond acceptors (Lipinski definition) is 6. The monoisotopic (exact) mass is 316 g/mol. The van der Waals surface area contributed by atoms with Crippen molar-refractivity contribution in [2.75, 3.05) is 32.7 Å². The fraction of sp³-hybridized carbons (Fsp3) is 0.688. The van der Waals surface area contributed by atoms with Gasteiger partial charge in [0.15, 0.2) is 5.65 Å². The number of aliphatic hydroxyl groups is 1. The highest BCUT2D eigenvalue weighted by Gasteiger charge is 2.33. The van der Waals surface area contributed by atoms with E-state index < -0.39 is 5.60 Å². The van der Waals surface area contributed by atoms with E-state index in [4.69, 9.17) is 0 Å². The summed E-state index contributed by atoms with van der Waals surface area (Å²) >= 11 is 0. The molecule has 0 amide bonds. The largest absolute Gasteiger partial charge is 0.387 e. The summed E-state index contributed by atoms with van der Waals surface area (Å²) < 4.78 is 2.05. The van der Waals surface area contributed by atoms with Crippen LogP contribution >= 0.6 is 0 Å². The molecule has 0 bridgehead atoms. The highest BCUT2D eigenvalue weighted by Crippen LogP contribution is 2.28. The highest BCUT2D eigenvalue weighted by atomic mass is 16.3. The van der Waals surface area contributed by atoms with Crippen molar-refractivity contribution in [3.8, 4) is 0 Å². The maximum atomic E-state index is 10.7. The molecular weight excluding hydrogens is 292 g/mol. The number of piperidine rings is 2. The van der Waals surface area contributed by atoms with Crippen LogP contribution in [0.4, 0.5) is 0 Å². The Labute approximate surface area is 135 Å². The van der Waals surface area contributed by atoms with Gasteiger partial charge in [-0.15, -0.1) is 10.2 Å². The lowest BCUT2D eigenvalue weighted by molar-refractivity contribution is -0.0205. The molecule has 2 aromatic heterocycles. The van der Waals surface area contributed by atoms with E-state index in [1.807, 2.05) is 10.6 Å². The van der Waals surface area contributed by atoms with Gasteiger partial charge < -0.3 is 15.3 Å². The second-order valence-electron chi connectivity index (χ2n) is 6.92. The summed E-state index contributed by atoms with van der Waals surface area (Å²) in [5.41, 5.74) is 0.255. The first-order valence-electron chi connectivity index (χ1n) is 8.54. The minimum Gasteiger partial charge on any atom is -0.387 e. The van der Waals surface area contributed by atoms with Gasteiger partial charge in [-0.2, -0.15) is 0 Å². The van der Waals surface area contributed by atoms with E-state index in [1.165, 1.54) is 0 Å². The zero-order chi connectivity index (χ0) is 15.7. The summed E-state index contributed by atoms with van der Waals surface area (Å²) in [6.07, 6.45) is 9.55. The minimum absolute atomic E-state index is 0.433. The number of β-amino-alcohol motifs (C(OH)–C–C–N with tert-alkyl or cyclic N) is 1. The number of rotatable bonds is 3. The van der Waals surface area contributed by atoms with Gasteiger partial charge in [0.05, 0.1) is 11.8 Å². The van der Waals surface area contributed by atoms with Crippen LogP contribution in [0.2, 0.25) is 0 Å². The molecule has 124 valence electrons. The lowest BCUT2D eigenvalue weighted by Gasteiger charge is -2.39. The van der Waals surface area contributed by atoms with Crippen LogP contribution in [0, 0.1) is 0 Å². The second-order valence-corrected chi connectivity index (χ2v) is 6.92. The molecule has 0 aromatic carbocycles. The van der Waals surface area contributed by atoms with Crippen LogP contribution < -0.4 is 5.32 Å². The maximum Gasteiger partial charge on any atom is 0.179 e. The molecule has 2 saturated heterocycles. The smallest absolute Gasteiger partial charge is 0.179 e. The number of nitrogens with zero attached hydrogens (tertiary/aromatic N) is 5. The van der Waals surface area contributed by atoms with Crippen molar-refractivity contribution in [1.29, 1.82) is 0 Å². The number of hydrogen-bond donors (Lipinski definition) is 2. The lowest BCUT2D eigenvalue weighted by atomic mass is 9.91. The van der Waals surface area contributed by atoms with Crippen LogP contribution in [0.25, 0.3) is 5.65 Å². The van der Waals surface area contributed by atoms with Crippen molar-refractivity contribution in [1.82, 2.24) is 29.8 Å². The van der Waals surface area contributed by atoms with Crippen molar-refractivity contribution < 1.29 is 5.11 Å². The fourth-order valence-corrected chi connectivity index (χ4v) is 3.90. The predicted molar refractivity (Wildman–Crippen MR) is 86.3 cm³/mol. The summed E-state index contributed by atoms with van der Waals surface area (Å²) in [6, 6.07) is 0. The van der Waals surface area contributed by atoms with Crippen LogP contribution in [-0.2, 0) is 0 Å². The molecule has 1 atom stereocenters. The Bertz CT molecular complexity index is 657. The first kappa shape index (κ1) is 15.0. The van der Waals surface area contributed by atoms with E-state index >= 15 is 0 Å². The molecular formula is C16H24N6O. The molecule has 2 fully saturated rings. The van der Waals surface area contributed by atoms with Gasteiger partial charge in [0.1, 0.15) is 5.82 Å². The third-order valence-corrected chi connectivity index (χ3v) is 5.16. The number of nitrogens with one attached hydrogen (secondary N) is 1. The Morgan fingerprint density at radius 3 is 2.96 bits per heavy atom. The molecule has 0 spiro atoms. The molecule has 0 radical (unpaired) electrons. The van der Waals surface area contributed by atoms with Crippen LogP contribution in [0.3, 0.4) is 0 Å². The van der Waals surface area contributed by atoms with Gasteiger partial charge in [-0.25, -0.2) is 0 Å². The molecule has 2 aromatic rings. The normalized spacial score (nSPS) is 27.5. The summed E-state index contributed by atoms with van der Waals surface area (Å²) in [6.45, 7) is 4.53. The molecule has 2 aliphatic heterocycles. The van der Waals surface area contributed by atoms with Gasteiger partial charge in [0, 0.05) is 31.4 Å². The summed E-state index contributed by atoms with van der Waals surface area (Å²) in [7, 11) is 0. The lowest BCUT2D eigenvalue weighted by Crippen LogP contribution is -2.54. The van der Waals surface area contributed by atoms with E-state index in [0.717, 1.165) is 69.9 Å². The summed E-state index contributed by atoms with van der Waals surface area (Å²) in [5.74, 6) is 1.47. The quantitative estimate of drug-likeness (QED) is 0.854. The maximum absolute atomic E-state index is 10.7. The molecule has 2 N–H and O–H groups in total. The molecule has 4 rings (SSSR count). The Balaban J connectivity index is 1.39. The zero-order valence-corrected chi connectivity index (χ0v) is 13.4. The Morgan fingerprint density at radius 2 is 2.17 bits per heavy atom. The van der Waals surface area contributed by atoms with Gasteiger partial charge >= 0.3 is 0 Å².